The number of rotatable bonds is 1. The lowest BCUT2D eigenvalue weighted by Gasteiger charge is -2.36. The van der Waals surface area contributed by atoms with Crippen molar-refractivity contribution in [2.75, 3.05) is 19.7 Å². The Hall–Kier alpha value is -0.940. The summed E-state index contributed by atoms with van der Waals surface area (Å²) in [6, 6.07) is 0. The standard InChI is InChI=1S/C8H15N3O2/c1-10-7(9)11-4-2-8(13,6-12)3-5-11/h9,12-13H,1-6H2. The quantitative estimate of drug-likeness (QED) is 0.378. The van der Waals surface area contributed by atoms with Gasteiger partial charge in [-0.15, -0.1) is 0 Å². The summed E-state index contributed by atoms with van der Waals surface area (Å²) in [7, 11) is 0. The van der Waals surface area contributed by atoms with Crippen LogP contribution in [0.1, 0.15) is 12.8 Å². The molecule has 1 saturated heterocycles. The highest BCUT2D eigenvalue weighted by Gasteiger charge is 2.32. The second-order valence-electron chi connectivity index (χ2n) is 3.35. The van der Waals surface area contributed by atoms with Crippen molar-refractivity contribution >= 4 is 12.7 Å². The molecule has 0 amide bonds. The van der Waals surface area contributed by atoms with E-state index in [1.54, 1.807) is 4.90 Å². The van der Waals surface area contributed by atoms with Crippen molar-refractivity contribution in [3.05, 3.63) is 0 Å². The first-order valence-electron chi connectivity index (χ1n) is 4.25. The highest BCUT2D eigenvalue weighted by molar-refractivity contribution is 5.81. The average molecular weight is 185 g/mol. The Labute approximate surface area is 77.2 Å². The molecule has 13 heavy (non-hydrogen) atoms. The van der Waals surface area contributed by atoms with Gasteiger partial charge in [-0.1, -0.05) is 0 Å². The average Bonchev–Trinajstić information content (AvgIpc) is 2.18. The number of guanidine groups is 1. The van der Waals surface area contributed by atoms with E-state index < -0.39 is 5.60 Å². The van der Waals surface area contributed by atoms with Gasteiger partial charge in [-0.25, -0.2) is 4.99 Å². The molecule has 0 aromatic heterocycles. The van der Waals surface area contributed by atoms with Gasteiger partial charge in [0.05, 0.1) is 12.2 Å². The second-order valence-corrected chi connectivity index (χ2v) is 3.35. The van der Waals surface area contributed by atoms with Crippen molar-refractivity contribution in [1.82, 2.24) is 4.90 Å². The highest BCUT2D eigenvalue weighted by atomic mass is 16.3. The van der Waals surface area contributed by atoms with Crippen molar-refractivity contribution in [1.29, 1.82) is 5.41 Å². The Morgan fingerprint density at radius 1 is 1.54 bits per heavy atom. The van der Waals surface area contributed by atoms with Crippen LogP contribution in [0.15, 0.2) is 4.99 Å². The first kappa shape index (κ1) is 10.1. The zero-order chi connectivity index (χ0) is 9.90. The lowest BCUT2D eigenvalue weighted by molar-refractivity contribution is -0.0500. The minimum atomic E-state index is -0.960. The smallest absolute Gasteiger partial charge is 0.217 e. The topological polar surface area (TPSA) is 79.9 Å². The minimum absolute atomic E-state index is 0.139. The van der Waals surface area contributed by atoms with Crippen LogP contribution in [0.3, 0.4) is 0 Å². The van der Waals surface area contributed by atoms with Gasteiger partial charge in [-0.05, 0) is 19.6 Å². The molecule has 5 nitrogen and oxygen atoms in total. The first-order valence-corrected chi connectivity index (χ1v) is 4.25. The molecule has 3 N–H and O–H groups in total. The third-order valence-electron chi connectivity index (χ3n) is 2.44. The lowest BCUT2D eigenvalue weighted by atomic mass is 9.93. The molecule has 0 unspecified atom stereocenters. The minimum Gasteiger partial charge on any atom is -0.393 e. The number of nitrogens with zero attached hydrogens (tertiary/aromatic N) is 2. The van der Waals surface area contributed by atoms with Gasteiger partial charge in [0, 0.05) is 13.1 Å². The van der Waals surface area contributed by atoms with E-state index in [0.29, 0.717) is 25.9 Å². The van der Waals surface area contributed by atoms with E-state index in [1.807, 2.05) is 0 Å². The van der Waals surface area contributed by atoms with Gasteiger partial charge in [-0.3, -0.25) is 5.41 Å². The van der Waals surface area contributed by atoms with Gasteiger partial charge >= 0.3 is 0 Å². The van der Waals surface area contributed by atoms with Gasteiger partial charge in [0.1, 0.15) is 0 Å². The van der Waals surface area contributed by atoms with E-state index in [-0.39, 0.29) is 12.6 Å². The Bertz CT molecular complexity index is 209. The fourth-order valence-corrected chi connectivity index (χ4v) is 1.39. The van der Waals surface area contributed by atoms with Crippen LogP contribution in [0.25, 0.3) is 0 Å². The summed E-state index contributed by atoms with van der Waals surface area (Å²) in [5.41, 5.74) is -0.960. The molecule has 0 aromatic rings. The van der Waals surface area contributed by atoms with Gasteiger partial charge in [0.2, 0.25) is 5.96 Å². The number of hydrogen-bond donors (Lipinski definition) is 3. The van der Waals surface area contributed by atoms with Gasteiger partial charge < -0.3 is 15.1 Å². The highest BCUT2D eigenvalue weighted by Crippen LogP contribution is 2.21. The van der Waals surface area contributed by atoms with Crippen molar-refractivity contribution in [2.24, 2.45) is 4.99 Å². The molecule has 0 radical (unpaired) electrons. The first-order chi connectivity index (χ1) is 6.11. The lowest BCUT2D eigenvalue weighted by Crippen LogP contribution is -2.47. The molecule has 1 heterocycles. The fraction of sp³-hybridized carbons (Fsp3) is 0.750. The molecule has 0 bridgehead atoms. The number of nitrogens with one attached hydrogen (secondary N) is 1. The molecule has 0 aliphatic carbocycles. The number of piperidine rings is 1. The van der Waals surface area contributed by atoms with Crippen LogP contribution >= 0.6 is 0 Å². The van der Waals surface area contributed by atoms with Crippen LogP contribution in [0, 0.1) is 5.41 Å². The van der Waals surface area contributed by atoms with E-state index in [4.69, 9.17) is 10.5 Å². The van der Waals surface area contributed by atoms with Crippen LogP contribution in [0.5, 0.6) is 0 Å². The van der Waals surface area contributed by atoms with Crippen molar-refractivity contribution < 1.29 is 10.2 Å². The molecule has 1 aliphatic rings. The Kier molecular flexibility index (Phi) is 3.00. The maximum absolute atomic E-state index is 9.66. The largest absolute Gasteiger partial charge is 0.393 e. The van der Waals surface area contributed by atoms with Crippen LogP contribution < -0.4 is 0 Å². The summed E-state index contributed by atoms with van der Waals surface area (Å²) in [6.45, 7) is 4.15. The van der Waals surface area contributed by atoms with E-state index in [2.05, 4.69) is 11.7 Å². The van der Waals surface area contributed by atoms with Crippen LogP contribution in [-0.4, -0.2) is 53.1 Å². The van der Waals surface area contributed by atoms with Gasteiger partial charge in [0.15, 0.2) is 0 Å². The fourth-order valence-electron chi connectivity index (χ4n) is 1.39. The number of likely N-dealkylation sites (tertiary alicyclic amines) is 1. The predicted molar refractivity (Wildman–Crippen MR) is 50.1 cm³/mol. The third kappa shape index (κ3) is 2.26. The number of aliphatic hydroxyl groups is 2. The van der Waals surface area contributed by atoms with E-state index in [0.717, 1.165) is 0 Å². The van der Waals surface area contributed by atoms with Gasteiger partial charge in [0.25, 0.3) is 0 Å². The molecular formula is C8H15N3O2. The summed E-state index contributed by atoms with van der Waals surface area (Å²) in [5.74, 6) is 0.139. The number of aliphatic imine (C=N–C) groups is 1. The maximum Gasteiger partial charge on any atom is 0.217 e. The van der Waals surface area contributed by atoms with Crippen molar-refractivity contribution in [2.45, 2.75) is 18.4 Å². The summed E-state index contributed by atoms with van der Waals surface area (Å²) >= 11 is 0. The molecule has 0 saturated carbocycles. The molecule has 0 atom stereocenters. The predicted octanol–water partition coefficient (Wildman–Crippen LogP) is -0.559. The second kappa shape index (κ2) is 3.85. The molecule has 1 aliphatic heterocycles. The molecule has 1 fully saturated rings. The molecule has 5 heteroatoms. The van der Waals surface area contributed by atoms with Gasteiger partial charge in [-0.2, -0.15) is 0 Å². The number of aliphatic hydroxyl groups excluding tert-OH is 1. The summed E-state index contributed by atoms with van der Waals surface area (Å²) in [6.07, 6.45) is 0.947. The van der Waals surface area contributed by atoms with E-state index >= 15 is 0 Å². The van der Waals surface area contributed by atoms with E-state index in [9.17, 15) is 5.11 Å². The van der Waals surface area contributed by atoms with Crippen LogP contribution in [-0.2, 0) is 0 Å². The molecular weight excluding hydrogens is 170 g/mol. The zero-order valence-corrected chi connectivity index (χ0v) is 7.53. The summed E-state index contributed by atoms with van der Waals surface area (Å²) in [5, 5.41) is 25.9. The molecule has 0 aromatic carbocycles. The molecule has 0 spiro atoms. The van der Waals surface area contributed by atoms with Crippen LogP contribution in [0.2, 0.25) is 0 Å². The normalized spacial score (nSPS) is 21.2. The molecule has 74 valence electrons. The Morgan fingerprint density at radius 3 is 2.46 bits per heavy atom. The van der Waals surface area contributed by atoms with Crippen LogP contribution in [0.4, 0.5) is 0 Å². The maximum atomic E-state index is 9.66. The monoisotopic (exact) mass is 185 g/mol. The Balaban J connectivity index is 2.47. The van der Waals surface area contributed by atoms with Crippen molar-refractivity contribution in [3.63, 3.8) is 0 Å². The van der Waals surface area contributed by atoms with E-state index in [1.165, 1.54) is 0 Å². The summed E-state index contributed by atoms with van der Waals surface area (Å²) < 4.78 is 0. The summed E-state index contributed by atoms with van der Waals surface area (Å²) in [4.78, 5) is 5.23. The van der Waals surface area contributed by atoms with Crippen molar-refractivity contribution in [3.8, 4) is 0 Å². The SMILES string of the molecule is C=NC(=N)N1CCC(O)(CO)CC1. The zero-order valence-electron chi connectivity index (χ0n) is 7.53. The third-order valence-corrected chi connectivity index (χ3v) is 2.44. The number of hydrogen-bond acceptors (Lipinski definition) is 3. The Morgan fingerprint density at radius 2 is 2.08 bits per heavy atom. The molecule has 1 rings (SSSR count).